The monoisotopic (exact) mass is 377 g/mol. The van der Waals surface area contributed by atoms with Gasteiger partial charge in [0.25, 0.3) is 0 Å². The molecule has 0 saturated carbocycles. The Morgan fingerprint density at radius 3 is 2.77 bits per heavy atom. The lowest BCUT2D eigenvalue weighted by Gasteiger charge is -2.37. The number of aromatic nitrogens is 2. The van der Waals surface area contributed by atoms with Gasteiger partial charge in [0.1, 0.15) is 0 Å². The molecule has 1 fully saturated rings. The maximum Gasteiger partial charge on any atom is 0.308 e. The van der Waals surface area contributed by atoms with Gasteiger partial charge in [-0.15, -0.1) is 0 Å². The second-order valence-electron chi connectivity index (χ2n) is 6.43. The summed E-state index contributed by atoms with van der Waals surface area (Å²) in [6.07, 6.45) is 1.84. The first kappa shape index (κ1) is 18.4. The number of aliphatic carboxylic acids is 1. The summed E-state index contributed by atoms with van der Waals surface area (Å²) >= 11 is 5.86. The van der Waals surface area contributed by atoms with E-state index in [1.165, 1.54) is 0 Å². The molecule has 7 nitrogen and oxygen atoms in total. The van der Waals surface area contributed by atoms with Crippen molar-refractivity contribution in [2.24, 2.45) is 5.92 Å². The molecule has 0 aliphatic carbocycles. The minimum absolute atomic E-state index is 0.0882. The van der Waals surface area contributed by atoms with Crippen molar-refractivity contribution < 1.29 is 19.2 Å². The number of hydrogen-bond acceptors (Lipinski definition) is 5. The Bertz CT molecular complexity index is 790. The molecular weight excluding hydrogens is 358 g/mol. The topological polar surface area (TPSA) is 96.5 Å². The van der Waals surface area contributed by atoms with Crippen molar-refractivity contribution in [3.8, 4) is 11.4 Å². The first-order valence-corrected chi connectivity index (χ1v) is 8.94. The van der Waals surface area contributed by atoms with E-state index in [-0.39, 0.29) is 18.4 Å². The van der Waals surface area contributed by atoms with Crippen molar-refractivity contribution in [1.82, 2.24) is 15.0 Å². The smallest absolute Gasteiger partial charge is 0.308 e. The van der Waals surface area contributed by atoms with Gasteiger partial charge < -0.3 is 14.5 Å². The van der Waals surface area contributed by atoms with Gasteiger partial charge in [-0.1, -0.05) is 16.8 Å². The zero-order valence-electron chi connectivity index (χ0n) is 14.4. The van der Waals surface area contributed by atoms with Gasteiger partial charge in [0.05, 0.1) is 5.92 Å². The number of rotatable bonds is 5. The van der Waals surface area contributed by atoms with E-state index < -0.39 is 11.9 Å². The third kappa shape index (κ3) is 4.04. The summed E-state index contributed by atoms with van der Waals surface area (Å²) in [5.74, 6) is -0.619. The van der Waals surface area contributed by atoms with Crippen LogP contribution in [0.4, 0.5) is 0 Å². The van der Waals surface area contributed by atoms with Crippen LogP contribution in [0, 0.1) is 5.92 Å². The minimum atomic E-state index is -0.848. The molecule has 2 aromatic rings. The summed E-state index contributed by atoms with van der Waals surface area (Å²) in [6.45, 7) is 2.38. The number of carbonyl (C=O) groups excluding carboxylic acids is 1. The molecule has 3 rings (SSSR count). The standard InChI is InChI=1S/C18H20ClN3O4/c1-11-14(18(24)25)3-2-10-22(11)16(23)9-8-15-20-17(21-26-15)12-4-6-13(19)7-5-12/h4-7,11,14H,2-3,8-10H2,1H3,(H,24,25)/t11-,14-/m1/s1. The average Bonchev–Trinajstić information content (AvgIpc) is 3.09. The molecule has 1 aromatic carbocycles. The molecule has 1 N–H and O–H groups in total. The van der Waals surface area contributed by atoms with Gasteiger partial charge in [0.2, 0.25) is 17.6 Å². The Kier molecular flexibility index (Phi) is 5.56. The third-order valence-corrected chi connectivity index (χ3v) is 5.00. The molecule has 2 atom stereocenters. The summed E-state index contributed by atoms with van der Waals surface area (Å²) in [7, 11) is 0. The van der Waals surface area contributed by atoms with Gasteiger partial charge in [0, 0.05) is 36.0 Å². The summed E-state index contributed by atoms with van der Waals surface area (Å²) < 4.78 is 5.21. The highest BCUT2D eigenvalue weighted by molar-refractivity contribution is 6.30. The molecule has 1 aromatic heterocycles. The summed E-state index contributed by atoms with van der Waals surface area (Å²) in [4.78, 5) is 29.7. The molecule has 1 amide bonds. The maximum absolute atomic E-state index is 12.5. The summed E-state index contributed by atoms with van der Waals surface area (Å²) in [5.41, 5.74) is 0.782. The fourth-order valence-corrected chi connectivity index (χ4v) is 3.38. The number of likely N-dealkylation sites (tertiary alicyclic amines) is 1. The molecule has 1 aliphatic rings. The molecule has 138 valence electrons. The van der Waals surface area contributed by atoms with Gasteiger partial charge in [-0.3, -0.25) is 9.59 Å². The molecule has 26 heavy (non-hydrogen) atoms. The Morgan fingerprint density at radius 2 is 2.08 bits per heavy atom. The van der Waals surface area contributed by atoms with E-state index in [0.29, 0.717) is 42.5 Å². The highest BCUT2D eigenvalue weighted by Gasteiger charge is 2.35. The van der Waals surface area contributed by atoms with Crippen LogP contribution < -0.4 is 0 Å². The van der Waals surface area contributed by atoms with Crippen molar-refractivity contribution in [3.05, 3.63) is 35.2 Å². The largest absolute Gasteiger partial charge is 0.481 e. The predicted molar refractivity (Wildman–Crippen MR) is 94.6 cm³/mol. The third-order valence-electron chi connectivity index (χ3n) is 4.75. The predicted octanol–water partition coefficient (Wildman–Crippen LogP) is 3.03. The van der Waals surface area contributed by atoms with Crippen LogP contribution >= 0.6 is 11.6 Å². The van der Waals surface area contributed by atoms with Crippen molar-refractivity contribution >= 4 is 23.5 Å². The number of carbonyl (C=O) groups is 2. The van der Waals surface area contributed by atoms with Crippen LogP contribution in [0.1, 0.15) is 32.1 Å². The van der Waals surface area contributed by atoms with Gasteiger partial charge in [0.15, 0.2) is 0 Å². The van der Waals surface area contributed by atoms with Crippen LogP contribution in [0.25, 0.3) is 11.4 Å². The van der Waals surface area contributed by atoms with Gasteiger partial charge in [-0.2, -0.15) is 4.98 Å². The fraction of sp³-hybridized carbons (Fsp3) is 0.444. The second-order valence-corrected chi connectivity index (χ2v) is 6.87. The van der Waals surface area contributed by atoms with Crippen LogP contribution in [0.2, 0.25) is 5.02 Å². The number of halogens is 1. The van der Waals surface area contributed by atoms with E-state index >= 15 is 0 Å². The number of carboxylic acid groups (broad SMARTS) is 1. The molecule has 8 heteroatoms. The molecule has 1 saturated heterocycles. The number of nitrogens with zero attached hydrogens (tertiary/aromatic N) is 3. The maximum atomic E-state index is 12.5. The molecule has 0 radical (unpaired) electrons. The molecule has 0 unspecified atom stereocenters. The van der Waals surface area contributed by atoms with Crippen LogP contribution in [-0.2, 0) is 16.0 Å². The fourth-order valence-electron chi connectivity index (χ4n) is 3.26. The van der Waals surface area contributed by atoms with Crippen molar-refractivity contribution in [2.75, 3.05) is 6.54 Å². The zero-order valence-corrected chi connectivity index (χ0v) is 15.1. The lowest BCUT2D eigenvalue weighted by Crippen LogP contribution is -2.49. The molecular formula is C18H20ClN3O4. The number of hydrogen-bond donors (Lipinski definition) is 1. The van der Waals surface area contributed by atoms with Crippen LogP contribution in [0.15, 0.2) is 28.8 Å². The molecule has 0 spiro atoms. The van der Waals surface area contributed by atoms with Gasteiger partial charge >= 0.3 is 5.97 Å². The average molecular weight is 378 g/mol. The minimum Gasteiger partial charge on any atom is -0.481 e. The summed E-state index contributed by atoms with van der Waals surface area (Å²) in [6, 6.07) is 6.77. The Balaban J connectivity index is 1.59. The highest BCUT2D eigenvalue weighted by atomic mass is 35.5. The summed E-state index contributed by atoms with van der Waals surface area (Å²) in [5, 5.41) is 13.8. The van der Waals surface area contributed by atoms with Crippen LogP contribution in [0.5, 0.6) is 0 Å². The first-order valence-electron chi connectivity index (χ1n) is 8.56. The van der Waals surface area contributed by atoms with Gasteiger partial charge in [-0.05, 0) is 44.0 Å². The molecule has 2 heterocycles. The lowest BCUT2D eigenvalue weighted by atomic mass is 9.90. The zero-order chi connectivity index (χ0) is 18.7. The van der Waals surface area contributed by atoms with E-state index in [2.05, 4.69) is 10.1 Å². The van der Waals surface area contributed by atoms with Crippen LogP contribution in [-0.4, -0.2) is 44.6 Å². The number of aryl methyl sites for hydroxylation is 1. The number of benzene rings is 1. The first-order chi connectivity index (χ1) is 12.5. The number of carboxylic acids is 1. The molecule has 1 aliphatic heterocycles. The SMILES string of the molecule is C[C@@H]1[C@H](C(=O)O)CCCN1C(=O)CCc1nc(-c2ccc(Cl)cc2)no1. The molecule has 0 bridgehead atoms. The Labute approximate surface area is 155 Å². The van der Waals surface area contributed by atoms with E-state index in [9.17, 15) is 14.7 Å². The van der Waals surface area contributed by atoms with E-state index in [1.54, 1.807) is 36.1 Å². The highest BCUT2D eigenvalue weighted by Crippen LogP contribution is 2.25. The van der Waals surface area contributed by atoms with Crippen LogP contribution in [0.3, 0.4) is 0 Å². The van der Waals surface area contributed by atoms with Crippen molar-refractivity contribution in [2.45, 2.75) is 38.6 Å². The quantitative estimate of drug-likeness (QED) is 0.860. The number of amides is 1. The van der Waals surface area contributed by atoms with E-state index in [1.807, 2.05) is 0 Å². The number of piperidine rings is 1. The normalized spacial score (nSPS) is 20.2. The van der Waals surface area contributed by atoms with E-state index in [4.69, 9.17) is 16.1 Å². The van der Waals surface area contributed by atoms with E-state index in [0.717, 1.165) is 5.56 Å². The van der Waals surface area contributed by atoms with Crippen molar-refractivity contribution in [3.63, 3.8) is 0 Å². The second kappa shape index (κ2) is 7.86. The van der Waals surface area contributed by atoms with Gasteiger partial charge in [-0.25, -0.2) is 0 Å². The Hall–Kier alpha value is -2.41. The van der Waals surface area contributed by atoms with Crippen molar-refractivity contribution in [1.29, 1.82) is 0 Å². The lowest BCUT2D eigenvalue weighted by molar-refractivity contribution is -0.149. The Morgan fingerprint density at radius 1 is 1.35 bits per heavy atom.